The molecule has 2 aromatic carbocycles. The number of halogens is 2. The van der Waals surface area contributed by atoms with Gasteiger partial charge in [-0.3, -0.25) is 9.80 Å². The first-order valence-electron chi connectivity index (χ1n) is 10.3. The first kappa shape index (κ1) is 19.9. The summed E-state index contributed by atoms with van der Waals surface area (Å²) in [7, 11) is 0. The van der Waals surface area contributed by atoms with Crippen LogP contribution in [0.1, 0.15) is 62.8 Å². The van der Waals surface area contributed by atoms with Crippen molar-refractivity contribution in [2.75, 3.05) is 19.6 Å². The van der Waals surface area contributed by atoms with Gasteiger partial charge in [0.1, 0.15) is 5.82 Å². The van der Waals surface area contributed by atoms with Gasteiger partial charge in [0, 0.05) is 48.2 Å². The van der Waals surface area contributed by atoms with Gasteiger partial charge in [-0.25, -0.2) is 4.39 Å². The molecule has 0 bridgehead atoms. The molecule has 0 N–H and O–H groups in total. The molecule has 0 spiro atoms. The lowest BCUT2D eigenvalue weighted by Gasteiger charge is -2.51. The molecule has 28 heavy (non-hydrogen) atoms. The van der Waals surface area contributed by atoms with Gasteiger partial charge in [0.25, 0.3) is 0 Å². The second-order valence-corrected chi connectivity index (χ2v) is 9.64. The standard InChI is InChI=1S/C24H30ClFN2/c1-16(2)28-12-11-27(15-24(28,3)4)23-14-21(17-5-8-19(26)9-6-17)20-10-7-18(25)13-22(20)23/h5-10,13,16,21,23H,11-12,14-15H2,1-4H3/t21-,23+/m1/s1. The maximum atomic E-state index is 13.4. The Labute approximate surface area is 173 Å². The van der Waals surface area contributed by atoms with Crippen LogP contribution in [-0.2, 0) is 0 Å². The molecule has 0 unspecified atom stereocenters. The summed E-state index contributed by atoms with van der Waals surface area (Å²) in [5.41, 5.74) is 4.01. The normalized spacial score (nSPS) is 25.2. The van der Waals surface area contributed by atoms with E-state index < -0.39 is 0 Å². The lowest BCUT2D eigenvalue weighted by atomic mass is 9.92. The molecule has 1 saturated heterocycles. The van der Waals surface area contributed by atoms with Gasteiger partial charge in [-0.05, 0) is 75.1 Å². The summed E-state index contributed by atoms with van der Waals surface area (Å²) >= 11 is 6.39. The van der Waals surface area contributed by atoms with Crippen molar-refractivity contribution in [2.45, 2.75) is 57.7 Å². The minimum absolute atomic E-state index is 0.138. The van der Waals surface area contributed by atoms with Gasteiger partial charge in [-0.15, -0.1) is 0 Å². The number of rotatable bonds is 3. The van der Waals surface area contributed by atoms with Crippen LogP contribution in [0.4, 0.5) is 4.39 Å². The Kier molecular flexibility index (Phi) is 5.28. The maximum absolute atomic E-state index is 13.4. The molecule has 2 atom stereocenters. The Balaban J connectivity index is 1.66. The van der Waals surface area contributed by atoms with Crippen LogP contribution in [0.5, 0.6) is 0 Å². The molecule has 2 aromatic rings. The third-order valence-electron chi connectivity index (χ3n) is 6.57. The first-order chi connectivity index (χ1) is 13.3. The van der Waals surface area contributed by atoms with E-state index in [9.17, 15) is 4.39 Å². The van der Waals surface area contributed by atoms with Gasteiger partial charge in [-0.2, -0.15) is 0 Å². The fourth-order valence-electron chi connectivity index (χ4n) is 5.41. The fraction of sp³-hybridized carbons (Fsp3) is 0.500. The molecule has 0 radical (unpaired) electrons. The number of fused-ring (bicyclic) bond motifs is 1. The molecule has 1 aliphatic carbocycles. The minimum atomic E-state index is -0.179. The smallest absolute Gasteiger partial charge is 0.123 e. The Morgan fingerprint density at radius 1 is 1.04 bits per heavy atom. The van der Waals surface area contributed by atoms with Crippen molar-refractivity contribution < 1.29 is 4.39 Å². The third-order valence-corrected chi connectivity index (χ3v) is 6.81. The number of benzene rings is 2. The monoisotopic (exact) mass is 400 g/mol. The van der Waals surface area contributed by atoms with Crippen molar-refractivity contribution in [3.05, 3.63) is 70.0 Å². The van der Waals surface area contributed by atoms with Gasteiger partial charge in [0.2, 0.25) is 0 Å². The van der Waals surface area contributed by atoms with E-state index in [-0.39, 0.29) is 11.4 Å². The van der Waals surface area contributed by atoms with E-state index in [1.165, 1.54) is 16.7 Å². The van der Waals surface area contributed by atoms with Crippen LogP contribution in [0.15, 0.2) is 42.5 Å². The molecule has 4 heteroatoms. The SMILES string of the molecule is CC(C)N1CCN([C@H]2C[C@H](c3ccc(F)cc3)c3ccc(Cl)cc32)CC1(C)C. The van der Waals surface area contributed by atoms with E-state index in [1.807, 2.05) is 18.2 Å². The molecule has 4 rings (SSSR count). The van der Waals surface area contributed by atoms with Crippen LogP contribution in [0.3, 0.4) is 0 Å². The molecule has 0 amide bonds. The average Bonchev–Trinajstić information content (AvgIpc) is 2.99. The predicted molar refractivity (Wildman–Crippen MR) is 115 cm³/mol. The van der Waals surface area contributed by atoms with E-state index in [4.69, 9.17) is 11.6 Å². The Hall–Kier alpha value is -1.42. The third kappa shape index (κ3) is 3.60. The highest BCUT2D eigenvalue weighted by Crippen LogP contribution is 2.48. The summed E-state index contributed by atoms with van der Waals surface area (Å²) in [4.78, 5) is 5.24. The van der Waals surface area contributed by atoms with Crippen molar-refractivity contribution in [3.8, 4) is 0 Å². The zero-order valence-corrected chi connectivity index (χ0v) is 18.0. The van der Waals surface area contributed by atoms with Crippen molar-refractivity contribution in [3.63, 3.8) is 0 Å². The van der Waals surface area contributed by atoms with Crippen LogP contribution in [0.2, 0.25) is 5.02 Å². The molecule has 150 valence electrons. The van der Waals surface area contributed by atoms with Gasteiger partial charge < -0.3 is 0 Å². The number of nitrogens with zero attached hydrogens (tertiary/aromatic N) is 2. The van der Waals surface area contributed by atoms with E-state index in [1.54, 1.807) is 12.1 Å². The highest BCUT2D eigenvalue weighted by molar-refractivity contribution is 6.30. The molecule has 0 aromatic heterocycles. The van der Waals surface area contributed by atoms with Crippen molar-refractivity contribution in [1.82, 2.24) is 9.80 Å². The summed E-state index contributed by atoms with van der Waals surface area (Å²) in [6, 6.07) is 14.2. The van der Waals surface area contributed by atoms with Gasteiger partial charge in [0.15, 0.2) is 0 Å². The lowest BCUT2D eigenvalue weighted by molar-refractivity contribution is -0.0192. The summed E-state index contributed by atoms with van der Waals surface area (Å²) < 4.78 is 13.4. The van der Waals surface area contributed by atoms with E-state index in [0.29, 0.717) is 18.0 Å². The number of hydrogen-bond acceptors (Lipinski definition) is 2. The van der Waals surface area contributed by atoms with Crippen molar-refractivity contribution in [1.29, 1.82) is 0 Å². The second-order valence-electron chi connectivity index (χ2n) is 9.20. The van der Waals surface area contributed by atoms with Gasteiger partial charge in [0.05, 0.1) is 0 Å². The predicted octanol–water partition coefficient (Wildman–Crippen LogP) is 5.86. The summed E-state index contributed by atoms with van der Waals surface area (Å²) in [5.74, 6) is 0.116. The Bertz CT molecular complexity index is 846. The lowest BCUT2D eigenvalue weighted by Crippen LogP contribution is -2.61. The van der Waals surface area contributed by atoms with Crippen LogP contribution >= 0.6 is 11.6 Å². The van der Waals surface area contributed by atoms with Crippen molar-refractivity contribution >= 4 is 11.6 Å². The molecule has 0 saturated carbocycles. The molecule has 2 nitrogen and oxygen atoms in total. The van der Waals surface area contributed by atoms with Gasteiger partial charge >= 0.3 is 0 Å². The molecular weight excluding hydrogens is 371 g/mol. The zero-order chi connectivity index (χ0) is 20.1. The maximum Gasteiger partial charge on any atom is 0.123 e. The molecule has 1 heterocycles. The van der Waals surface area contributed by atoms with Crippen LogP contribution < -0.4 is 0 Å². The second kappa shape index (κ2) is 7.44. The number of hydrogen-bond donors (Lipinski definition) is 0. The zero-order valence-electron chi connectivity index (χ0n) is 17.3. The Morgan fingerprint density at radius 3 is 2.39 bits per heavy atom. The summed E-state index contributed by atoms with van der Waals surface area (Å²) in [6.45, 7) is 12.5. The highest BCUT2D eigenvalue weighted by atomic mass is 35.5. The molecule has 2 aliphatic rings. The quantitative estimate of drug-likeness (QED) is 0.636. The Morgan fingerprint density at radius 2 is 1.75 bits per heavy atom. The molecule has 1 fully saturated rings. The number of piperazine rings is 1. The van der Waals surface area contributed by atoms with E-state index in [0.717, 1.165) is 31.1 Å². The average molecular weight is 401 g/mol. The van der Waals surface area contributed by atoms with Crippen LogP contribution in [0, 0.1) is 5.82 Å². The molecule has 1 aliphatic heterocycles. The summed E-state index contributed by atoms with van der Waals surface area (Å²) in [5, 5.41) is 0.795. The fourth-order valence-corrected chi connectivity index (χ4v) is 5.59. The largest absolute Gasteiger partial charge is 0.293 e. The highest BCUT2D eigenvalue weighted by Gasteiger charge is 2.41. The van der Waals surface area contributed by atoms with E-state index >= 15 is 0 Å². The molecular formula is C24H30ClFN2. The summed E-state index contributed by atoms with van der Waals surface area (Å²) in [6.07, 6.45) is 1.03. The first-order valence-corrected chi connectivity index (χ1v) is 10.7. The van der Waals surface area contributed by atoms with Crippen LogP contribution in [0.25, 0.3) is 0 Å². The van der Waals surface area contributed by atoms with Crippen LogP contribution in [-0.4, -0.2) is 41.0 Å². The van der Waals surface area contributed by atoms with Crippen molar-refractivity contribution in [2.24, 2.45) is 0 Å². The van der Waals surface area contributed by atoms with Gasteiger partial charge in [-0.1, -0.05) is 29.8 Å². The minimum Gasteiger partial charge on any atom is -0.293 e. The van der Waals surface area contributed by atoms with E-state index in [2.05, 4.69) is 49.6 Å². The topological polar surface area (TPSA) is 6.48 Å².